The summed E-state index contributed by atoms with van der Waals surface area (Å²) in [5, 5.41) is 0. The third kappa shape index (κ3) is 4.16. The Balaban J connectivity index is 0.000000882. The molecule has 0 heterocycles. The third-order valence-electron chi connectivity index (χ3n) is 5.43. The maximum atomic E-state index is 2.41. The largest absolute Gasteiger partial charge is 4.00 e. The van der Waals surface area contributed by atoms with Gasteiger partial charge >= 0.3 is 26.2 Å². The number of fused-ring (bicyclic) bond motifs is 2. The van der Waals surface area contributed by atoms with Crippen molar-refractivity contribution in [1.82, 2.24) is 0 Å². The predicted octanol–water partition coefficient (Wildman–Crippen LogP) is 5.57. The molecule has 2 aromatic carbocycles. The summed E-state index contributed by atoms with van der Waals surface area (Å²) < 4.78 is 0. The van der Waals surface area contributed by atoms with E-state index >= 15 is 0 Å². The first-order valence-electron chi connectivity index (χ1n) is 8.44. The van der Waals surface area contributed by atoms with Crippen LogP contribution in [0.5, 0.6) is 0 Å². The molecule has 0 spiro atoms. The van der Waals surface area contributed by atoms with Crippen LogP contribution in [0.25, 0.3) is 0 Å². The molecule has 0 atom stereocenters. The molecular formula is C22H30Zr. The van der Waals surface area contributed by atoms with Gasteiger partial charge in [-0.2, -0.15) is 45.5 Å². The summed E-state index contributed by atoms with van der Waals surface area (Å²) in [4.78, 5) is 0. The van der Waals surface area contributed by atoms with E-state index in [1.54, 1.807) is 33.4 Å². The Bertz CT molecular complexity index is 545. The maximum absolute atomic E-state index is 2.41. The van der Waals surface area contributed by atoms with Crippen LogP contribution in [0.3, 0.4) is 0 Å². The van der Waals surface area contributed by atoms with Crippen LogP contribution in [-0.2, 0) is 64.7 Å². The summed E-state index contributed by atoms with van der Waals surface area (Å²) in [6.45, 7) is 0. The molecule has 122 valence electrons. The summed E-state index contributed by atoms with van der Waals surface area (Å²) in [5.41, 5.74) is 10.00. The van der Waals surface area contributed by atoms with E-state index in [4.69, 9.17) is 0 Å². The van der Waals surface area contributed by atoms with Gasteiger partial charge in [-0.25, -0.2) is 12.1 Å². The topological polar surface area (TPSA) is 0 Å². The molecule has 0 amide bonds. The molecule has 0 saturated heterocycles. The number of rotatable bonds is 3. The minimum atomic E-state index is 0. The van der Waals surface area contributed by atoms with Crippen molar-refractivity contribution in [2.75, 3.05) is 0 Å². The molecule has 0 aromatic heterocycles. The Morgan fingerprint density at radius 2 is 1.13 bits per heavy atom. The Morgan fingerprint density at radius 1 is 0.696 bits per heavy atom. The van der Waals surface area contributed by atoms with Gasteiger partial charge in [-0.05, 0) is 0 Å². The molecule has 2 aliphatic carbocycles. The van der Waals surface area contributed by atoms with Crippen molar-refractivity contribution in [3.05, 3.63) is 72.5 Å². The minimum absolute atomic E-state index is 0. The summed E-state index contributed by atoms with van der Waals surface area (Å²) >= 11 is 0. The summed E-state index contributed by atoms with van der Waals surface area (Å²) in [5.74, 6) is 0. The average molecular weight is 386 g/mol. The Hall–Kier alpha value is -0.417. The van der Waals surface area contributed by atoms with Crippen LogP contribution in [0, 0.1) is 14.9 Å². The molecule has 0 bridgehead atoms. The molecular weight excluding hydrogens is 355 g/mol. The molecule has 0 saturated carbocycles. The second kappa shape index (κ2) is 9.17. The van der Waals surface area contributed by atoms with Crippen LogP contribution in [0.2, 0.25) is 0 Å². The van der Waals surface area contributed by atoms with Crippen molar-refractivity contribution in [3.63, 3.8) is 0 Å². The summed E-state index contributed by atoms with van der Waals surface area (Å²) in [6, 6.07) is 9.60. The first-order valence-corrected chi connectivity index (χ1v) is 8.44. The zero-order chi connectivity index (χ0) is 13.4. The normalized spacial score (nSPS) is 15.5. The van der Waals surface area contributed by atoms with Crippen LogP contribution in [0.1, 0.15) is 59.1 Å². The van der Waals surface area contributed by atoms with Crippen molar-refractivity contribution in [2.45, 2.75) is 64.2 Å². The fraction of sp³-hybridized carbons (Fsp3) is 0.455. The van der Waals surface area contributed by atoms with Crippen LogP contribution in [0.4, 0.5) is 0 Å². The van der Waals surface area contributed by atoms with Gasteiger partial charge in [0.25, 0.3) is 0 Å². The number of hydrogen-bond acceptors (Lipinski definition) is 0. The van der Waals surface area contributed by atoms with Crippen molar-refractivity contribution in [3.8, 4) is 0 Å². The van der Waals surface area contributed by atoms with Gasteiger partial charge in [-0.3, -0.25) is 0 Å². The third-order valence-corrected chi connectivity index (χ3v) is 5.43. The van der Waals surface area contributed by atoms with E-state index in [9.17, 15) is 0 Å². The second-order valence-corrected chi connectivity index (χ2v) is 6.64. The second-order valence-electron chi connectivity index (χ2n) is 6.64. The summed E-state index contributed by atoms with van der Waals surface area (Å²) in [7, 11) is 0. The van der Waals surface area contributed by atoms with E-state index in [-0.39, 0.29) is 41.1 Å². The molecule has 4 rings (SSSR count). The molecule has 1 heteroatoms. The molecule has 0 N–H and O–H groups in total. The van der Waals surface area contributed by atoms with Gasteiger partial charge in [-0.15, -0.1) is 0 Å². The van der Waals surface area contributed by atoms with E-state index in [1.807, 2.05) is 0 Å². The Morgan fingerprint density at radius 3 is 1.57 bits per heavy atom. The van der Waals surface area contributed by atoms with Crippen LogP contribution < -0.4 is 0 Å². The average Bonchev–Trinajstić information content (AvgIpc) is 3.09. The number of hydrogen-bond donors (Lipinski definition) is 0. The van der Waals surface area contributed by atoms with Gasteiger partial charge in [0, 0.05) is 0 Å². The number of aryl methyl sites for hydroxylation is 4. The van der Waals surface area contributed by atoms with Crippen LogP contribution >= 0.6 is 0 Å². The molecule has 0 radical (unpaired) electrons. The quantitative estimate of drug-likeness (QED) is 0.606. The van der Waals surface area contributed by atoms with E-state index in [0.717, 1.165) is 0 Å². The predicted molar refractivity (Wildman–Crippen MR) is 97.6 cm³/mol. The molecule has 0 fully saturated rings. The Labute approximate surface area is 162 Å². The molecule has 0 unspecified atom stereocenters. The van der Waals surface area contributed by atoms with Gasteiger partial charge in [0.05, 0.1) is 0 Å². The molecule has 0 aliphatic heterocycles. The van der Waals surface area contributed by atoms with Gasteiger partial charge in [-0.1, -0.05) is 64.2 Å². The van der Waals surface area contributed by atoms with Crippen molar-refractivity contribution >= 4 is 0 Å². The van der Waals surface area contributed by atoms with E-state index in [2.05, 4.69) is 24.3 Å². The molecule has 23 heavy (non-hydrogen) atoms. The van der Waals surface area contributed by atoms with Crippen molar-refractivity contribution in [1.29, 1.82) is 0 Å². The molecule has 2 aliphatic rings. The van der Waals surface area contributed by atoms with Crippen molar-refractivity contribution < 1.29 is 26.2 Å². The van der Waals surface area contributed by atoms with E-state index < -0.39 is 0 Å². The monoisotopic (exact) mass is 384 g/mol. The fourth-order valence-corrected chi connectivity index (χ4v) is 4.30. The SMILES string of the molecule is [CH3-].[CH3-].[Zr+4].c1c[c-]2c(c1CCc1cc[c-]3c1CCCC3)CCCC2. The maximum Gasteiger partial charge on any atom is 4.00 e. The first kappa shape index (κ1) is 20.6. The van der Waals surface area contributed by atoms with Crippen LogP contribution in [0.15, 0.2) is 24.3 Å². The zero-order valence-corrected chi connectivity index (χ0v) is 17.3. The van der Waals surface area contributed by atoms with Gasteiger partial charge in [0.15, 0.2) is 0 Å². The first-order chi connectivity index (χ1) is 9.92. The molecule has 0 nitrogen and oxygen atoms in total. The van der Waals surface area contributed by atoms with E-state index in [1.165, 1.54) is 64.2 Å². The molecule has 2 aromatic rings. The van der Waals surface area contributed by atoms with Gasteiger partial charge < -0.3 is 14.9 Å². The van der Waals surface area contributed by atoms with Gasteiger partial charge in [0.2, 0.25) is 0 Å². The minimum Gasteiger partial charge on any atom is -0.358 e. The zero-order valence-electron chi connectivity index (χ0n) is 14.9. The smallest absolute Gasteiger partial charge is 0.358 e. The van der Waals surface area contributed by atoms with Crippen LogP contribution in [-0.4, -0.2) is 0 Å². The standard InChI is InChI=1S/C20H24.2CH3.Zr/c1-3-7-19-15(5-1)9-11-17(19)13-14-18-12-10-16-6-2-4-8-20(16)18;;;/h9-12H,1-8,13-14H2;2*1H3;/q-2;2*-1;+4. The van der Waals surface area contributed by atoms with Gasteiger partial charge in [0.1, 0.15) is 0 Å². The summed E-state index contributed by atoms with van der Waals surface area (Å²) in [6.07, 6.45) is 13.4. The Kier molecular flexibility index (Phi) is 8.22. The fourth-order valence-electron chi connectivity index (χ4n) is 4.30. The van der Waals surface area contributed by atoms with E-state index in [0.29, 0.717) is 0 Å². The van der Waals surface area contributed by atoms with Crippen molar-refractivity contribution in [2.24, 2.45) is 0 Å².